The number of halogens is 1. The summed E-state index contributed by atoms with van der Waals surface area (Å²) in [6, 6.07) is 10.4. The highest BCUT2D eigenvalue weighted by molar-refractivity contribution is 7.89. The molecule has 3 aromatic heterocycles. The molecule has 8 nitrogen and oxygen atoms in total. The topological polar surface area (TPSA) is 107 Å². The van der Waals surface area contributed by atoms with E-state index in [4.69, 9.17) is 21.1 Å². The number of aliphatic hydroxyl groups is 1. The van der Waals surface area contributed by atoms with E-state index in [1.54, 1.807) is 53.2 Å². The number of ether oxygens (including phenoxy) is 2. The molecule has 0 radical (unpaired) electrons. The van der Waals surface area contributed by atoms with Gasteiger partial charge in [-0.05, 0) is 30.2 Å². The first-order valence-corrected chi connectivity index (χ1v) is 13.8. The van der Waals surface area contributed by atoms with Gasteiger partial charge in [0.1, 0.15) is 17.5 Å². The average molecular weight is 535 g/mol. The summed E-state index contributed by atoms with van der Waals surface area (Å²) in [5.41, 5.74) is 3.32. The van der Waals surface area contributed by atoms with Crippen molar-refractivity contribution in [3.63, 3.8) is 0 Å². The molecular weight excluding hydrogens is 512 g/mol. The van der Waals surface area contributed by atoms with Crippen molar-refractivity contribution in [1.82, 2.24) is 9.38 Å². The van der Waals surface area contributed by atoms with Gasteiger partial charge in [-0.3, -0.25) is 4.40 Å². The molecule has 184 valence electrons. The van der Waals surface area contributed by atoms with Crippen molar-refractivity contribution in [2.24, 2.45) is 0 Å². The van der Waals surface area contributed by atoms with Gasteiger partial charge in [-0.15, -0.1) is 11.3 Å². The maximum Gasteiger partial charge on any atom is 0.351 e. The number of aromatic nitrogens is 2. The van der Waals surface area contributed by atoms with Crippen molar-refractivity contribution >= 4 is 44.4 Å². The fourth-order valence-electron chi connectivity index (χ4n) is 3.67. The second-order valence-electron chi connectivity index (χ2n) is 8.05. The number of esters is 1. The zero-order valence-corrected chi connectivity index (χ0v) is 21.6. The Morgan fingerprint density at radius 1 is 1.23 bits per heavy atom. The molecule has 0 bridgehead atoms. The van der Waals surface area contributed by atoms with Crippen molar-refractivity contribution in [3.8, 4) is 16.3 Å². The molecule has 0 amide bonds. The number of aliphatic hydroxyl groups excluding tert-OH is 1. The number of rotatable bonds is 8. The highest BCUT2D eigenvalue weighted by Crippen LogP contribution is 2.39. The fraction of sp³-hybridized carbons (Fsp3) is 0.250. The van der Waals surface area contributed by atoms with E-state index in [1.807, 2.05) is 6.92 Å². The standard InChI is InChI=1S/C24H23ClN2O6S2/c1-14(17-6-4-15(12-28)8-18(17)25)33-20-9-21(34-23(20)24(29)32-2)19-10-26-22-7-5-16(11-27(19)22)13-35(3,30)31/h4-11,14,28H,12-13H2,1-3H3/t14-/m1/s1. The van der Waals surface area contributed by atoms with Crippen LogP contribution in [0.4, 0.5) is 0 Å². The second kappa shape index (κ2) is 9.98. The van der Waals surface area contributed by atoms with Crippen LogP contribution in [0.1, 0.15) is 39.4 Å². The zero-order chi connectivity index (χ0) is 25.3. The Morgan fingerprint density at radius 2 is 1.97 bits per heavy atom. The Kier molecular flexibility index (Phi) is 7.18. The number of carbonyl (C=O) groups is 1. The summed E-state index contributed by atoms with van der Waals surface area (Å²) in [6.07, 6.45) is 4.07. The molecule has 1 aromatic carbocycles. The van der Waals surface area contributed by atoms with Crippen LogP contribution in [0.25, 0.3) is 16.2 Å². The van der Waals surface area contributed by atoms with Gasteiger partial charge in [0.05, 0.1) is 36.2 Å². The largest absolute Gasteiger partial charge is 0.484 e. The quantitative estimate of drug-likeness (QED) is 0.327. The molecule has 0 fully saturated rings. The number of carbonyl (C=O) groups excluding carboxylic acids is 1. The lowest BCUT2D eigenvalue weighted by Crippen LogP contribution is -2.07. The van der Waals surface area contributed by atoms with E-state index >= 15 is 0 Å². The predicted molar refractivity (Wildman–Crippen MR) is 135 cm³/mol. The van der Waals surface area contributed by atoms with Crippen LogP contribution in [0.15, 0.2) is 48.8 Å². The number of hydrogen-bond donors (Lipinski definition) is 1. The molecule has 3 heterocycles. The van der Waals surface area contributed by atoms with Gasteiger partial charge in [0.2, 0.25) is 0 Å². The molecule has 11 heteroatoms. The third-order valence-corrected chi connectivity index (χ3v) is 7.61. The highest BCUT2D eigenvalue weighted by atomic mass is 35.5. The Labute approximate surface area is 211 Å². The Balaban J connectivity index is 1.73. The van der Waals surface area contributed by atoms with E-state index in [1.165, 1.54) is 24.7 Å². The minimum absolute atomic E-state index is 0.0971. The number of fused-ring (bicyclic) bond motifs is 1. The van der Waals surface area contributed by atoms with Gasteiger partial charge in [-0.25, -0.2) is 18.2 Å². The molecule has 0 spiro atoms. The van der Waals surface area contributed by atoms with Gasteiger partial charge in [0, 0.05) is 29.1 Å². The minimum atomic E-state index is -3.21. The summed E-state index contributed by atoms with van der Waals surface area (Å²) < 4.78 is 36.4. The summed E-state index contributed by atoms with van der Waals surface area (Å²) >= 11 is 7.56. The fourth-order valence-corrected chi connectivity index (χ4v) is 5.82. The third-order valence-electron chi connectivity index (χ3n) is 5.31. The molecule has 4 aromatic rings. The van der Waals surface area contributed by atoms with Crippen LogP contribution in [0.2, 0.25) is 5.02 Å². The van der Waals surface area contributed by atoms with E-state index in [9.17, 15) is 18.3 Å². The maximum atomic E-state index is 12.5. The van der Waals surface area contributed by atoms with E-state index in [0.717, 1.165) is 0 Å². The smallest absolute Gasteiger partial charge is 0.351 e. The van der Waals surface area contributed by atoms with Crippen LogP contribution in [0.3, 0.4) is 0 Å². The molecule has 0 saturated carbocycles. The van der Waals surface area contributed by atoms with Crippen LogP contribution in [-0.2, 0) is 26.9 Å². The van der Waals surface area contributed by atoms with Crippen LogP contribution >= 0.6 is 22.9 Å². The molecule has 35 heavy (non-hydrogen) atoms. The van der Waals surface area contributed by atoms with E-state index in [-0.39, 0.29) is 17.2 Å². The summed E-state index contributed by atoms with van der Waals surface area (Å²) in [5.74, 6) is -0.314. The minimum Gasteiger partial charge on any atom is -0.484 e. The van der Waals surface area contributed by atoms with Gasteiger partial charge in [0.25, 0.3) is 0 Å². The lowest BCUT2D eigenvalue weighted by Gasteiger charge is -2.17. The summed E-state index contributed by atoms with van der Waals surface area (Å²) in [5, 5.41) is 9.76. The van der Waals surface area contributed by atoms with Crippen molar-refractivity contribution in [1.29, 1.82) is 0 Å². The molecule has 0 unspecified atom stereocenters. The first-order valence-electron chi connectivity index (χ1n) is 10.5. The van der Waals surface area contributed by atoms with Gasteiger partial charge >= 0.3 is 5.97 Å². The number of methoxy groups -OCH3 is 1. The number of pyridine rings is 1. The van der Waals surface area contributed by atoms with Crippen LogP contribution in [0, 0.1) is 0 Å². The molecule has 0 saturated heterocycles. The second-order valence-corrected chi connectivity index (χ2v) is 11.6. The van der Waals surface area contributed by atoms with E-state index < -0.39 is 21.9 Å². The first-order chi connectivity index (χ1) is 16.6. The maximum absolute atomic E-state index is 12.5. The summed E-state index contributed by atoms with van der Waals surface area (Å²) in [4.78, 5) is 17.9. The molecule has 4 rings (SSSR count). The molecule has 1 atom stereocenters. The van der Waals surface area contributed by atoms with Crippen molar-refractivity contribution < 1.29 is 27.8 Å². The Morgan fingerprint density at radius 3 is 2.63 bits per heavy atom. The summed E-state index contributed by atoms with van der Waals surface area (Å²) in [7, 11) is -1.91. The van der Waals surface area contributed by atoms with Gasteiger partial charge in [0.15, 0.2) is 14.7 Å². The Hall–Kier alpha value is -2.92. The lowest BCUT2D eigenvalue weighted by atomic mass is 10.1. The number of benzene rings is 1. The van der Waals surface area contributed by atoms with Gasteiger partial charge in [-0.1, -0.05) is 29.8 Å². The molecular formula is C24H23ClN2O6S2. The van der Waals surface area contributed by atoms with Crippen molar-refractivity contribution in [2.45, 2.75) is 25.4 Å². The number of sulfone groups is 1. The van der Waals surface area contributed by atoms with Crippen LogP contribution < -0.4 is 4.74 Å². The normalized spacial score (nSPS) is 12.6. The number of nitrogens with zero attached hydrogens (tertiary/aromatic N) is 2. The van der Waals surface area contributed by atoms with Crippen molar-refractivity contribution in [2.75, 3.05) is 13.4 Å². The average Bonchev–Trinajstić information content (AvgIpc) is 3.41. The zero-order valence-electron chi connectivity index (χ0n) is 19.2. The number of hydrogen-bond acceptors (Lipinski definition) is 8. The molecule has 0 aliphatic rings. The number of imidazole rings is 1. The first kappa shape index (κ1) is 25.2. The predicted octanol–water partition coefficient (Wildman–Crippen LogP) is 4.68. The van der Waals surface area contributed by atoms with Crippen LogP contribution in [0.5, 0.6) is 5.75 Å². The third kappa shape index (κ3) is 5.51. The molecule has 0 aliphatic heterocycles. The summed E-state index contributed by atoms with van der Waals surface area (Å²) in [6.45, 7) is 1.69. The Bertz CT molecular complexity index is 1510. The monoisotopic (exact) mass is 534 g/mol. The van der Waals surface area contributed by atoms with Gasteiger partial charge < -0.3 is 14.6 Å². The van der Waals surface area contributed by atoms with E-state index in [2.05, 4.69) is 4.98 Å². The number of thiophene rings is 1. The molecule has 0 aliphatic carbocycles. The SMILES string of the molecule is COC(=O)c1sc(-c2cnc3ccc(CS(C)(=O)=O)cn23)cc1O[C@H](C)c1ccc(CO)cc1Cl. The van der Waals surface area contributed by atoms with Crippen LogP contribution in [-0.4, -0.2) is 42.2 Å². The van der Waals surface area contributed by atoms with Gasteiger partial charge in [-0.2, -0.15) is 0 Å². The lowest BCUT2D eigenvalue weighted by molar-refractivity contribution is 0.0600. The van der Waals surface area contributed by atoms with E-state index in [0.29, 0.717) is 43.7 Å². The molecule has 1 N–H and O–H groups in total. The van der Waals surface area contributed by atoms with Crippen molar-refractivity contribution in [3.05, 3.63) is 75.4 Å². The highest BCUT2D eigenvalue weighted by Gasteiger charge is 2.23.